The first-order chi connectivity index (χ1) is 12.7. The van der Waals surface area contributed by atoms with Crippen molar-refractivity contribution >= 4 is 15.9 Å². The van der Waals surface area contributed by atoms with Gasteiger partial charge < -0.3 is 15.0 Å². The maximum absolute atomic E-state index is 13.3. The number of carbonyl (C=O) groups excluding carboxylic acids is 1. The number of sulfonamides is 1. The Bertz CT molecular complexity index is 756. The molecule has 152 valence electrons. The van der Waals surface area contributed by atoms with Crippen LogP contribution in [0.15, 0.2) is 23.1 Å². The van der Waals surface area contributed by atoms with E-state index in [0.29, 0.717) is 43.6 Å². The van der Waals surface area contributed by atoms with Gasteiger partial charge in [-0.05, 0) is 43.5 Å². The van der Waals surface area contributed by atoms with Gasteiger partial charge in [-0.15, -0.1) is 0 Å². The van der Waals surface area contributed by atoms with Gasteiger partial charge in [0, 0.05) is 38.8 Å². The van der Waals surface area contributed by atoms with Gasteiger partial charge in [-0.1, -0.05) is 13.8 Å². The maximum atomic E-state index is 13.3. The van der Waals surface area contributed by atoms with E-state index in [-0.39, 0.29) is 16.6 Å². The number of methoxy groups -OCH3 is 1. The van der Waals surface area contributed by atoms with E-state index in [9.17, 15) is 13.2 Å². The van der Waals surface area contributed by atoms with Crippen LogP contribution in [0.2, 0.25) is 0 Å². The highest BCUT2D eigenvalue weighted by Crippen LogP contribution is 2.32. The molecule has 2 rings (SSSR count). The number of rotatable bonds is 7. The lowest BCUT2D eigenvalue weighted by atomic mass is 9.94. The van der Waals surface area contributed by atoms with Gasteiger partial charge >= 0.3 is 0 Å². The topological polar surface area (TPSA) is 79.0 Å². The number of benzene rings is 1. The molecule has 0 saturated carbocycles. The number of ether oxygens (including phenoxy) is 1. The summed E-state index contributed by atoms with van der Waals surface area (Å²) in [7, 11) is 1.21. The van der Waals surface area contributed by atoms with Crippen LogP contribution in [0, 0.1) is 11.8 Å². The second-order valence-electron chi connectivity index (χ2n) is 7.46. The van der Waals surface area contributed by atoms with E-state index in [2.05, 4.69) is 19.2 Å². The van der Waals surface area contributed by atoms with Crippen LogP contribution in [0.5, 0.6) is 5.75 Å². The Kier molecular flexibility index (Phi) is 7.25. The summed E-state index contributed by atoms with van der Waals surface area (Å²) >= 11 is 0. The smallest absolute Gasteiger partial charge is 0.253 e. The Morgan fingerprint density at radius 2 is 1.93 bits per heavy atom. The molecule has 0 bridgehead atoms. The monoisotopic (exact) mass is 397 g/mol. The van der Waals surface area contributed by atoms with Crippen molar-refractivity contribution in [1.29, 1.82) is 0 Å². The first-order valence-electron chi connectivity index (χ1n) is 9.29. The molecule has 2 atom stereocenters. The Balaban J connectivity index is 2.38. The largest absolute Gasteiger partial charge is 0.495 e. The van der Waals surface area contributed by atoms with Gasteiger partial charge in [-0.3, -0.25) is 4.79 Å². The Labute approximate surface area is 162 Å². The van der Waals surface area contributed by atoms with Crippen molar-refractivity contribution in [3.8, 4) is 5.75 Å². The Hall–Kier alpha value is -1.64. The van der Waals surface area contributed by atoms with Crippen molar-refractivity contribution < 1.29 is 17.9 Å². The number of carbonyl (C=O) groups is 1. The molecule has 1 aliphatic rings. The molecule has 1 aromatic carbocycles. The van der Waals surface area contributed by atoms with Gasteiger partial charge in [0.05, 0.1) is 7.11 Å². The molecule has 1 heterocycles. The second-order valence-corrected chi connectivity index (χ2v) is 9.37. The van der Waals surface area contributed by atoms with E-state index in [1.807, 2.05) is 7.05 Å². The molecule has 2 unspecified atom stereocenters. The molecule has 1 saturated heterocycles. The Morgan fingerprint density at radius 1 is 1.30 bits per heavy atom. The van der Waals surface area contributed by atoms with Crippen LogP contribution in [-0.4, -0.2) is 70.9 Å². The third-order valence-corrected chi connectivity index (χ3v) is 6.76. The van der Waals surface area contributed by atoms with E-state index >= 15 is 0 Å². The number of piperidine rings is 1. The molecule has 1 fully saturated rings. The van der Waals surface area contributed by atoms with Gasteiger partial charge in [-0.25, -0.2) is 8.42 Å². The van der Waals surface area contributed by atoms with Crippen LogP contribution in [0.25, 0.3) is 0 Å². The van der Waals surface area contributed by atoms with Crippen molar-refractivity contribution in [2.24, 2.45) is 11.8 Å². The number of amides is 1. The van der Waals surface area contributed by atoms with Gasteiger partial charge in [-0.2, -0.15) is 4.31 Å². The molecule has 1 amide bonds. The predicted molar refractivity (Wildman–Crippen MR) is 106 cm³/mol. The van der Waals surface area contributed by atoms with Crippen molar-refractivity contribution in [3.63, 3.8) is 0 Å². The fourth-order valence-electron chi connectivity index (χ4n) is 3.55. The van der Waals surface area contributed by atoms with Crippen LogP contribution in [0.4, 0.5) is 0 Å². The summed E-state index contributed by atoms with van der Waals surface area (Å²) in [6.07, 6.45) is 1.01. The summed E-state index contributed by atoms with van der Waals surface area (Å²) in [6.45, 7) is 6.28. The number of nitrogens with one attached hydrogen (secondary N) is 1. The summed E-state index contributed by atoms with van der Waals surface area (Å²) < 4.78 is 33.4. The van der Waals surface area contributed by atoms with Crippen molar-refractivity contribution in [3.05, 3.63) is 23.8 Å². The van der Waals surface area contributed by atoms with E-state index < -0.39 is 10.0 Å². The standard InChI is InChI=1S/C19H31N3O4S/c1-14-10-15(2)13-22(12-14)27(24,25)18-11-16(6-7-17(18)26-5)19(23)21(4)9-8-20-3/h6-7,11,14-15,20H,8-10,12-13H2,1-5H3. The van der Waals surface area contributed by atoms with Gasteiger partial charge in [0.15, 0.2) is 0 Å². The van der Waals surface area contributed by atoms with Crippen molar-refractivity contribution in [2.75, 3.05) is 47.4 Å². The fraction of sp³-hybridized carbons (Fsp3) is 0.632. The molecule has 0 aliphatic carbocycles. The van der Waals surface area contributed by atoms with Crippen LogP contribution in [0.1, 0.15) is 30.6 Å². The number of nitrogens with zero attached hydrogens (tertiary/aromatic N) is 2. The van der Waals surface area contributed by atoms with Crippen LogP contribution < -0.4 is 10.1 Å². The lowest BCUT2D eigenvalue weighted by Crippen LogP contribution is -2.42. The molecule has 7 nitrogen and oxygen atoms in total. The molecule has 1 aromatic rings. The lowest BCUT2D eigenvalue weighted by Gasteiger charge is -2.34. The zero-order chi connectivity index (χ0) is 20.2. The molecular weight excluding hydrogens is 366 g/mol. The molecule has 1 aliphatic heterocycles. The highest BCUT2D eigenvalue weighted by Gasteiger charge is 2.34. The first-order valence-corrected chi connectivity index (χ1v) is 10.7. The summed E-state index contributed by atoms with van der Waals surface area (Å²) in [6, 6.07) is 4.61. The van der Waals surface area contributed by atoms with Crippen molar-refractivity contribution in [1.82, 2.24) is 14.5 Å². The number of hydrogen-bond donors (Lipinski definition) is 1. The van der Waals surface area contributed by atoms with E-state index in [1.165, 1.54) is 17.5 Å². The van der Waals surface area contributed by atoms with Crippen LogP contribution in [-0.2, 0) is 10.0 Å². The van der Waals surface area contributed by atoms with Gasteiger partial charge in [0.2, 0.25) is 10.0 Å². The van der Waals surface area contributed by atoms with Crippen molar-refractivity contribution in [2.45, 2.75) is 25.2 Å². The molecule has 1 N–H and O–H groups in total. The minimum absolute atomic E-state index is 0.0548. The number of likely N-dealkylation sites (N-methyl/N-ethyl adjacent to an activating group) is 2. The third kappa shape index (κ3) is 5.00. The normalized spacial score (nSPS) is 21.1. The lowest BCUT2D eigenvalue weighted by molar-refractivity contribution is 0.0796. The fourth-order valence-corrected chi connectivity index (χ4v) is 5.41. The quantitative estimate of drug-likeness (QED) is 0.757. The average molecular weight is 398 g/mol. The summed E-state index contributed by atoms with van der Waals surface area (Å²) in [5.41, 5.74) is 0.339. The summed E-state index contributed by atoms with van der Waals surface area (Å²) in [5.74, 6) is 0.638. The molecular formula is C19H31N3O4S. The first kappa shape index (κ1) is 21.7. The molecule has 0 radical (unpaired) electrons. The van der Waals surface area contributed by atoms with Crippen LogP contribution >= 0.6 is 0 Å². The molecule has 27 heavy (non-hydrogen) atoms. The third-order valence-electron chi connectivity index (χ3n) is 4.91. The zero-order valence-corrected chi connectivity index (χ0v) is 17.7. The van der Waals surface area contributed by atoms with Gasteiger partial charge in [0.25, 0.3) is 5.91 Å². The van der Waals surface area contributed by atoms with Crippen LogP contribution in [0.3, 0.4) is 0 Å². The number of hydrogen-bond acceptors (Lipinski definition) is 5. The zero-order valence-electron chi connectivity index (χ0n) is 16.9. The summed E-state index contributed by atoms with van der Waals surface area (Å²) in [4.78, 5) is 14.3. The highest BCUT2D eigenvalue weighted by molar-refractivity contribution is 7.89. The van der Waals surface area contributed by atoms with E-state index in [1.54, 1.807) is 24.1 Å². The minimum Gasteiger partial charge on any atom is -0.495 e. The van der Waals surface area contributed by atoms with Gasteiger partial charge in [0.1, 0.15) is 10.6 Å². The highest BCUT2D eigenvalue weighted by atomic mass is 32.2. The Morgan fingerprint density at radius 3 is 2.48 bits per heavy atom. The van der Waals surface area contributed by atoms with E-state index in [0.717, 1.165) is 6.42 Å². The predicted octanol–water partition coefficient (Wildman–Crippen LogP) is 1.65. The summed E-state index contributed by atoms with van der Waals surface area (Å²) in [5, 5.41) is 2.99. The maximum Gasteiger partial charge on any atom is 0.253 e. The van der Waals surface area contributed by atoms with E-state index in [4.69, 9.17) is 4.74 Å². The SMILES string of the molecule is CNCCN(C)C(=O)c1ccc(OC)c(S(=O)(=O)N2CC(C)CC(C)C2)c1. The molecule has 0 spiro atoms. The second kappa shape index (κ2) is 9.03. The molecule has 8 heteroatoms. The average Bonchev–Trinajstić information content (AvgIpc) is 2.64. The minimum atomic E-state index is -3.74. The molecule has 0 aromatic heterocycles.